The molecule has 3 aromatic rings. The van der Waals surface area contributed by atoms with Crippen molar-refractivity contribution in [3.63, 3.8) is 0 Å². The Morgan fingerprint density at radius 1 is 1.27 bits per heavy atom. The molecule has 0 aliphatic heterocycles. The molecular weight excluding hydrogens is 284 g/mol. The number of hydrogen-bond donors (Lipinski definition) is 2. The predicted octanol–water partition coefficient (Wildman–Crippen LogP) is 1.08. The van der Waals surface area contributed by atoms with Crippen LogP contribution in [0.25, 0.3) is 11.4 Å². The lowest BCUT2D eigenvalue weighted by molar-refractivity contribution is -0.117. The Labute approximate surface area is 125 Å². The lowest BCUT2D eigenvalue weighted by atomic mass is 10.3. The van der Waals surface area contributed by atoms with E-state index in [-0.39, 0.29) is 18.2 Å². The molecule has 8 heteroatoms. The molecule has 0 spiro atoms. The fraction of sp³-hybridized carbons (Fsp3) is 0.0714. The zero-order valence-electron chi connectivity index (χ0n) is 11.4. The summed E-state index contributed by atoms with van der Waals surface area (Å²) in [4.78, 5) is 17.1. The molecule has 0 unspecified atom stereocenters. The number of benzene rings is 1. The summed E-state index contributed by atoms with van der Waals surface area (Å²) in [6.07, 6.45) is 3.27. The highest BCUT2D eigenvalue weighted by Crippen LogP contribution is 2.15. The van der Waals surface area contributed by atoms with E-state index in [9.17, 15) is 9.90 Å². The molecule has 8 nitrogen and oxygen atoms in total. The van der Waals surface area contributed by atoms with Crippen molar-refractivity contribution in [3.8, 4) is 17.1 Å². The monoisotopic (exact) mass is 296 g/mol. The van der Waals surface area contributed by atoms with E-state index in [4.69, 9.17) is 0 Å². The molecular formula is C14H12N6O2. The summed E-state index contributed by atoms with van der Waals surface area (Å²) in [5, 5.41) is 23.8. The summed E-state index contributed by atoms with van der Waals surface area (Å²) in [5.74, 6) is 0.162. The van der Waals surface area contributed by atoms with Crippen molar-refractivity contribution in [2.24, 2.45) is 0 Å². The second-order valence-electron chi connectivity index (χ2n) is 4.48. The van der Waals surface area contributed by atoms with Crippen molar-refractivity contribution in [2.45, 2.75) is 6.54 Å². The first-order chi connectivity index (χ1) is 10.7. The summed E-state index contributed by atoms with van der Waals surface area (Å²) >= 11 is 0. The number of carbonyl (C=O) groups excluding carboxylic acids is 1. The van der Waals surface area contributed by atoms with Crippen molar-refractivity contribution in [3.05, 3.63) is 48.8 Å². The highest BCUT2D eigenvalue weighted by atomic mass is 16.3. The van der Waals surface area contributed by atoms with Gasteiger partial charge in [-0.25, -0.2) is 0 Å². The lowest BCUT2D eigenvalue weighted by Crippen LogP contribution is -2.20. The van der Waals surface area contributed by atoms with Crippen LogP contribution in [0.1, 0.15) is 0 Å². The number of nitrogens with zero attached hydrogens (tertiary/aromatic N) is 5. The van der Waals surface area contributed by atoms with E-state index in [0.717, 1.165) is 5.56 Å². The summed E-state index contributed by atoms with van der Waals surface area (Å²) in [7, 11) is 0. The van der Waals surface area contributed by atoms with E-state index in [1.165, 1.54) is 16.9 Å². The van der Waals surface area contributed by atoms with Crippen molar-refractivity contribution >= 4 is 11.6 Å². The second kappa shape index (κ2) is 6.00. The van der Waals surface area contributed by atoms with Crippen LogP contribution in [0.4, 0.5) is 5.69 Å². The molecule has 0 aliphatic carbocycles. The highest BCUT2D eigenvalue weighted by molar-refractivity contribution is 5.90. The van der Waals surface area contributed by atoms with Crippen LogP contribution in [0, 0.1) is 0 Å². The molecule has 22 heavy (non-hydrogen) atoms. The highest BCUT2D eigenvalue weighted by Gasteiger charge is 2.09. The minimum absolute atomic E-state index is 0.0792. The predicted molar refractivity (Wildman–Crippen MR) is 77.8 cm³/mol. The minimum Gasteiger partial charge on any atom is -0.508 e. The van der Waals surface area contributed by atoms with Crippen molar-refractivity contribution in [1.82, 2.24) is 25.2 Å². The van der Waals surface area contributed by atoms with Gasteiger partial charge >= 0.3 is 0 Å². The molecule has 0 atom stereocenters. The van der Waals surface area contributed by atoms with Gasteiger partial charge in [0.1, 0.15) is 12.3 Å². The number of carbonyl (C=O) groups is 1. The minimum atomic E-state index is -0.319. The zero-order valence-corrected chi connectivity index (χ0v) is 11.4. The Balaban J connectivity index is 1.66. The van der Waals surface area contributed by atoms with Gasteiger partial charge in [-0.3, -0.25) is 9.78 Å². The first-order valence-corrected chi connectivity index (χ1v) is 6.48. The Bertz CT molecular complexity index is 787. The van der Waals surface area contributed by atoms with E-state index in [0.29, 0.717) is 11.5 Å². The maximum Gasteiger partial charge on any atom is 0.248 e. The summed E-state index contributed by atoms with van der Waals surface area (Å²) in [5.41, 5.74) is 1.22. The van der Waals surface area contributed by atoms with Gasteiger partial charge in [0.05, 0.1) is 0 Å². The number of phenols is 1. The van der Waals surface area contributed by atoms with Gasteiger partial charge in [-0.05, 0) is 29.5 Å². The molecule has 0 fully saturated rings. The number of pyridine rings is 1. The van der Waals surface area contributed by atoms with E-state index in [1.807, 2.05) is 0 Å². The van der Waals surface area contributed by atoms with E-state index >= 15 is 0 Å². The maximum absolute atomic E-state index is 11.9. The first-order valence-electron chi connectivity index (χ1n) is 6.48. The normalized spacial score (nSPS) is 10.4. The number of rotatable bonds is 4. The van der Waals surface area contributed by atoms with Crippen molar-refractivity contribution < 1.29 is 9.90 Å². The van der Waals surface area contributed by atoms with Crippen LogP contribution in [0.5, 0.6) is 5.75 Å². The third-order valence-corrected chi connectivity index (χ3v) is 2.79. The fourth-order valence-corrected chi connectivity index (χ4v) is 1.83. The van der Waals surface area contributed by atoms with Gasteiger partial charge in [0.15, 0.2) is 0 Å². The smallest absolute Gasteiger partial charge is 0.248 e. The van der Waals surface area contributed by atoms with Gasteiger partial charge in [0.2, 0.25) is 11.7 Å². The molecule has 2 aromatic heterocycles. The number of hydrogen-bond acceptors (Lipinski definition) is 6. The standard InChI is InChI=1S/C14H12N6O2/c21-12-5-1-4-11(7-12)16-13(22)9-20-18-14(17-19-20)10-3-2-6-15-8-10/h1-8,21H,9H2,(H,16,22). The molecule has 0 saturated carbocycles. The summed E-state index contributed by atoms with van der Waals surface area (Å²) in [6, 6.07) is 9.86. The van der Waals surface area contributed by atoms with Crippen LogP contribution < -0.4 is 5.32 Å². The van der Waals surface area contributed by atoms with E-state index in [1.54, 1.807) is 36.7 Å². The van der Waals surface area contributed by atoms with Crippen LogP contribution in [-0.2, 0) is 11.3 Å². The van der Waals surface area contributed by atoms with Crippen LogP contribution in [0.3, 0.4) is 0 Å². The molecule has 0 bridgehead atoms. The Morgan fingerprint density at radius 3 is 2.95 bits per heavy atom. The molecule has 3 rings (SSSR count). The quantitative estimate of drug-likeness (QED) is 0.746. The number of phenolic OH excluding ortho intramolecular Hbond substituents is 1. The Hall–Kier alpha value is -3.29. The number of aromatic hydroxyl groups is 1. The first kappa shape index (κ1) is 13.7. The zero-order chi connectivity index (χ0) is 15.4. The van der Waals surface area contributed by atoms with Gasteiger partial charge < -0.3 is 10.4 Å². The second-order valence-corrected chi connectivity index (χ2v) is 4.48. The SMILES string of the molecule is O=C(Cn1nnc(-c2cccnc2)n1)Nc1cccc(O)c1. The maximum atomic E-state index is 11.9. The lowest BCUT2D eigenvalue weighted by Gasteiger charge is -2.04. The number of amides is 1. The van der Waals surface area contributed by atoms with Gasteiger partial charge in [0, 0.05) is 29.7 Å². The fourth-order valence-electron chi connectivity index (χ4n) is 1.83. The van der Waals surface area contributed by atoms with Crippen molar-refractivity contribution in [2.75, 3.05) is 5.32 Å². The average molecular weight is 296 g/mol. The summed E-state index contributed by atoms with van der Waals surface area (Å²) < 4.78 is 0. The molecule has 0 radical (unpaired) electrons. The van der Waals surface area contributed by atoms with Crippen molar-refractivity contribution in [1.29, 1.82) is 0 Å². The van der Waals surface area contributed by atoms with Crippen LogP contribution in [0.2, 0.25) is 0 Å². The molecule has 2 heterocycles. The molecule has 110 valence electrons. The number of tetrazole rings is 1. The van der Waals surface area contributed by atoms with Gasteiger partial charge in [0.25, 0.3) is 0 Å². The number of nitrogens with one attached hydrogen (secondary N) is 1. The van der Waals surface area contributed by atoms with Gasteiger partial charge in [-0.1, -0.05) is 6.07 Å². The van der Waals surface area contributed by atoms with E-state index < -0.39 is 0 Å². The van der Waals surface area contributed by atoms with Crippen LogP contribution in [-0.4, -0.2) is 36.2 Å². The number of anilines is 1. The third-order valence-electron chi connectivity index (χ3n) is 2.79. The summed E-state index contributed by atoms with van der Waals surface area (Å²) in [6.45, 7) is -0.0804. The van der Waals surface area contributed by atoms with E-state index in [2.05, 4.69) is 25.7 Å². The van der Waals surface area contributed by atoms with Gasteiger partial charge in [-0.2, -0.15) is 4.80 Å². The Kier molecular flexibility index (Phi) is 3.73. The van der Waals surface area contributed by atoms with Gasteiger partial charge in [-0.15, -0.1) is 10.2 Å². The molecule has 0 aliphatic rings. The number of aromatic nitrogens is 5. The topological polar surface area (TPSA) is 106 Å². The van der Waals surface area contributed by atoms with Crippen LogP contribution in [0.15, 0.2) is 48.8 Å². The molecule has 2 N–H and O–H groups in total. The Morgan fingerprint density at radius 2 is 2.18 bits per heavy atom. The largest absolute Gasteiger partial charge is 0.508 e. The molecule has 1 aromatic carbocycles. The average Bonchev–Trinajstić information content (AvgIpc) is 2.96. The molecule has 1 amide bonds. The van der Waals surface area contributed by atoms with Crippen LogP contribution >= 0.6 is 0 Å². The third kappa shape index (κ3) is 3.23. The molecule has 0 saturated heterocycles.